The molecule has 2 N–H and O–H groups in total. The van der Waals surface area contributed by atoms with Gasteiger partial charge in [-0.15, -0.1) is 10.2 Å². The summed E-state index contributed by atoms with van der Waals surface area (Å²) < 4.78 is 6.35. The van der Waals surface area contributed by atoms with Gasteiger partial charge in [-0.3, -0.25) is 4.79 Å². The molecule has 25 heavy (non-hydrogen) atoms. The SMILES string of the molecule is Cc1ccc(C)c(NC(=O)CSc2nnc(NCC3CCCO3)s2)c1. The van der Waals surface area contributed by atoms with Crippen LogP contribution in [0, 0.1) is 13.8 Å². The van der Waals surface area contributed by atoms with Gasteiger partial charge >= 0.3 is 0 Å². The average Bonchev–Trinajstić information content (AvgIpc) is 3.26. The Morgan fingerprint density at radius 2 is 2.28 bits per heavy atom. The summed E-state index contributed by atoms with van der Waals surface area (Å²) in [5.74, 6) is 0.274. The minimum atomic E-state index is -0.0391. The molecule has 1 unspecified atom stereocenters. The zero-order valence-electron chi connectivity index (χ0n) is 14.4. The molecule has 0 aliphatic carbocycles. The fourth-order valence-electron chi connectivity index (χ4n) is 2.53. The molecule has 6 nitrogen and oxygen atoms in total. The highest BCUT2D eigenvalue weighted by Crippen LogP contribution is 2.26. The van der Waals surface area contributed by atoms with Gasteiger partial charge in [0.15, 0.2) is 4.34 Å². The predicted octanol–water partition coefficient (Wildman–Crippen LogP) is 3.48. The summed E-state index contributed by atoms with van der Waals surface area (Å²) in [5.41, 5.74) is 3.04. The number of rotatable bonds is 7. The van der Waals surface area contributed by atoms with Crippen molar-refractivity contribution < 1.29 is 9.53 Å². The van der Waals surface area contributed by atoms with Crippen LogP contribution in [0.15, 0.2) is 22.5 Å². The third kappa shape index (κ3) is 5.42. The van der Waals surface area contributed by atoms with E-state index in [2.05, 4.69) is 20.8 Å². The summed E-state index contributed by atoms with van der Waals surface area (Å²) in [6.45, 7) is 5.60. The fourth-order valence-corrected chi connectivity index (χ4v) is 4.09. The van der Waals surface area contributed by atoms with Crippen LogP contribution in [-0.4, -0.2) is 41.1 Å². The third-order valence-corrected chi connectivity index (χ3v) is 5.92. The number of amides is 1. The van der Waals surface area contributed by atoms with Crippen molar-refractivity contribution in [3.63, 3.8) is 0 Å². The van der Waals surface area contributed by atoms with E-state index in [4.69, 9.17) is 4.74 Å². The average molecular weight is 379 g/mol. The molecule has 1 aromatic carbocycles. The highest BCUT2D eigenvalue weighted by molar-refractivity contribution is 8.01. The second kappa shape index (κ2) is 8.64. The Morgan fingerprint density at radius 1 is 1.40 bits per heavy atom. The van der Waals surface area contributed by atoms with Gasteiger partial charge in [0.25, 0.3) is 0 Å². The minimum Gasteiger partial charge on any atom is -0.376 e. The summed E-state index contributed by atoms with van der Waals surface area (Å²) in [7, 11) is 0. The summed E-state index contributed by atoms with van der Waals surface area (Å²) in [6.07, 6.45) is 2.48. The highest BCUT2D eigenvalue weighted by Gasteiger charge is 2.16. The van der Waals surface area contributed by atoms with Gasteiger partial charge in [-0.05, 0) is 43.9 Å². The first-order chi connectivity index (χ1) is 12.1. The van der Waals surface area contributed by atoms with E-state index in [1.165, 1.54) is 23.1 Å². The van der Waals surface area contributed by atoms with E-state index >= 15 is 0 Å². The number of hydrogen-bond acceptors (Lipinski definition) is 7. The van der Waals surface area contributed by atoms with Crippen molar-refractivity contribution in [1.29, 1.82) is 0 Å². The van der Waals surface area contributed by atoms with Crippen LogP contribution in [-0.2, 0) is 9.53 Å². The summed E-state index contributed by atoms with van der Waals surface area (Å²) in [6, 6.07) is 6.02. The van der Waals surface area contributed by atoms with E-state index < -0.39 is 0 Å². The van der Waals surface area contributed by atoms with E-state index in [1.54, 1.807) is 0 Å². The molecule has 1 aromatic heterocycles. The van der Waals surface area contributed by atoms with Crippen LogP contribution in [0.25, 0.3) is 0 Å². The van der Waals surface area contributed by atoms with E-state index in [-0.39, 0.29) is 12.0 Å². The second-order valence-corrected chi connectivity index (χ2v) is 8.24. The lowest BCUT2D eigenvalue weighted by Crippen LogP contribution is -2.18. The van der Waals surface area contributed by atoms with E-state index in [0.29, 0.717) is 5.75 Å². The lowest BCUT2D eigenvalue weighted by molar-refractivity contribution is -0.113. The van der Waals surface area contributed by atoms with Crippen LogP contribution in [0.2, 0.25) is 0 Å². The molecule has 1 fully saturated rings. The molecule has 0 saturated carbocycles. The molecule has 0 radical (unpaired) electrons. The molecule has 8 heteroatoms. The molecule has 1 atom stereocenters. The summed E-state index contributed by atoms with van der Waals surface area (Å²) >= 11 is 2.86. The molecular formula is C17H22N4O2S2. The van der Waals surface area contributed by atoms with Crippen molar-refractivity contribution in [3.05, 3.63) is 29.3 Å². The molecule has 3 rings (SSSR count). The van der Waals surface area contributed by atoms with Gasteiger partial charge in [0.2, 0.25) is 11.0 Å². The van der Waals surface area contributed by atoms with Gasteiger partial charge in [-0.1, -0.05) is 35.2 Å². The normalized spacial score (nSPS) is 16.8. The van der Waals surface area contributed by atoms with Gasteiger partial charge in [0, 0.05) is 18.8 Å². The first kappa shape index (κ1) is 18.2. The third-order valence-electron chi connectivity index (χ3n) is 3.91. The smallest absolute Gasteiger partial charge is 0.234 e. The summed E-state index contributed by atoms with van der Waals surface area (Å²) in [5, 5.41) is 15.2. The van der Waals surface area contributed by atoms with Gasteiger partial charge in [-0.2, -0.15) is 0 Å². The molecule has 1 amide bonds. The van der Waals surface area contributed by atoms with Crippen LogP contribution in [0.4, 0.5) is 10.8 Å². The molecule has 2 heterocycles. The molecular weight excluding hydrogens is 356 g/mol. The molecule has 1 saturated heterocycles. The molecule has 1 aliphatic rings. The lowest BCUT2D eigenvalue weighted by atomic mass is 10.1. The maximum atomic E-state index is 12.1. The number of aryl methyl sites for hydroxylation is 2. The first-order valence-electron chi connectivity index (χ1n) is 8.29. The van der Waals surface area contributed by atoms with Gasteiger partial charge < -0.3 is 15.4 Å². The number of benzene rings is 1. The van der Waals surface area contributed by atoms with Crippen LogP contribution in [0.1, 0.15) is 24.0 Å². The molecule has 134 valence electrons. The lowest BCUT2D eigenvalue weighted by Gasteiger charge is -2.09. The number of aromatic nitrogens is 2. The van der Waals surface area contributed by atoms with Gasteiger partial charge in [0.1, 0.15) is 0 Å². The Morgan fingerprint density at radius 3 is 3.08 bits per heavy atom. The van der Waals surface area contributed by atoms with Gasteiger partial charge in [0.05, 0.1) is 11.9 Å². The maximum absolute atomic E-state index is 12.1. The van der Waals surface area contributed by atoms with Crippen LogP contribution >= 0.6 is 23.1 Å². The number of carbonyl (C=O) groups excluding carboxylic acids is 1. The Labute approximate surface area is 155 Å². The van der Waals surface area contributed by atoms with E-state index in [9.17, 15) is 4.79 Å². The topological polar surface area (TPSA) is 76.1 Å². The highest BCUT2D eigenvalue weighted by atomic mass is 32.2. The number of hydrogen-bond donors (Lipinski definition) is 2. The number of anilines is 2. The standard InChI is InChI=1S/C17H22N4O2S2/c1-11-5-6-12(2)14(8-11)19-15(22)10-24-17-21-20-16(25-17)18-9-13-4-3-7-23-13/h5-6,8,13H,3-4,7,9-10H2,1-2H3,(H,18,20)(H,19,22). The van der Waals surface area contributed by atoms with Crippen molar-refractivity contribution in [1.82, 2.24) is 10.2 Å². The Bertz CT molecular complexity index is 729. The van der Waals surface area contributed by atoms with Crippen molar-refractivity contribution in [3.8, 4) is 0 Å². The first-order valence-corrected chi connectivity index (χ1v) is 10.1. The van der Waals surface area contributed by atoms with Crippen LogP contribution in [0.5, 0.6) is 0 Å². The van der Waals surface area contributed by atoms with Crippen molar-refractivity contribution in [2.45, 2.75) is 37.1 Å². The molecule has 2 aromatic rings. The number of thioether (sulfide) groups is 1. The van der Waals surface area contributed by atoms with E-state index in [0.717, 1.165) is 52.3 Å². The van der Waals surface area contributed by atoms with Crippen LogP contribution in [0.3, 0.4) is 0 Å². The predicted molar refractivity (Wildman–Crippen MR) is 103 cm³/mol. The molecule has 0 bridgehead atoms. The van der Waals surface area contributed by atoms with Crippen molar-refractivity contribution in [2.75, 3.05) is 29.5 Å². The van der Waals surface area contributed by atoms with Crippen molar-refractivity contribution in [2.24, 2.45) is 0 Å². The summed E-state index contributed by atoms with van der Waals surface area (Å²) in [4.78, 5) is 12.1. The number of nitrogens with zero attached hydrogens (tertiary/aromatic N) is 2. The Hall–Kier alpha value is -1.64. The second-order valence-electron chi connectivity index (χ2n) is 6.04. The number of nitrogens with one attached hydrogen (secondary N) is 2. The zero-order valence-corrected chi connectivity index (χ0v) is 16.0. The van der Waals surface area contributed by atoms with Gasteiger partial charge in [-0.25, -0.2) is 0 Å². The Kier molecular flexibility index (Phi) is 6.28. The van der Waals surface area contributed by atoms with E-state index in [1.807, 2.05) is 32.0 Å². The minimum absolute atomic E-state index is 0.0391. The number of carbonyl (C=O) groups is 1. The zero-order chi connectivity index (χ0) is 17.6. The fraction of sp³-hybridized carbons (Fsp3) is 0.471. The Balaban J connectivity index is 1.45. The largest absolute Gasteiger partial charge is 0.376 e. The quantitative estimate of drug-likeness (QED) is 0.719. The van der Waals surface area contributed by atoms with Crippen molar-refractivity contribution >= 4 is 39.8 Å². The van der Waals surface area contributed by atoms with Crippen LogP contribution < -0.4 is 10.6 Å². The molecule has 0 spiro atoms. The maximum Gasteiger partial charge on any atom is 0.234 e. The molecule has 1 aliphatic heterocycles. The monoisotopic (exact) mass is 378 g/mol. The number of ether oxygens (including phenoxy) is 1.